The van der Waals surface area contributed by atoms with E-state index in [1.54, 1.807) is 24.3 Å². The van der Waals surface area contributed by atoms with Crippen molar-refractivity contribution in [3.8, 4) is 0 Å². The molecule has 2 heterocycles. The second-order valence-corrected chi connectivity index (χ2v) is 10.4. The van der Waals surface area contributed by atoms with E-state index >= 15 is 0 Å². The number of carbonyl (C=O) groups excluding carboxylic acids is 1. The quantitative estimate of drug-likeness (QED) is 0.662. The third kappa shape index (κ3) is 4.91. The zero-order chi connectivity index (χ0) is 20.1. The summed E-state index contributed by atoms with van der Waals surface area (Å²) in [5, 5.41) is 3.80. The van der Waals surface area contributed by atoms with Crippen LogP contribution in [-0.4, -0.2) is 46.3 Å². The van der Waals surface area contributed by atoms with E-state index in [1.807, 2.05) is 6.92 Å². The van der Waals surface area contributed by atoms with Crippen molar-refractivity contribution in [3.05, 3.63) is 29.8 Å². The molecule has 0 saturated carbocycles. The predicted molar refractivity (Wildman–Crippen MR) is 112 cm³/mol. The maximum absolute atomic E-state index is 13.1. The number of carbonyl (C=O) groups is 1. The summed E-state index contributed by atoms with van der Waals surface area (Å²) in [4.78, 5) is 17.4. The Kier molecular flexibility index (Phi) is 7.08. The van der Waals surface area contributed by atoms with E-state index in [-0.39, 0.29) is 10.8 Å². The Bertz CT molecular complexity index is 912. The van der Waals surface area contributed by atoms with Gasteiger partial charge >= 0.3 is 0 Å². The molecule has 0 unspecified atom stereocenters. The van der Waals surface area contributed by atoms with E-state index in [9.17, 15) is 13.2 Å². The maximum atomic E-state index is 13.1. The van der Waals surface area contributed by atoms with Crippen LogP contribution in [0, 0.1) is 6.92 Å². The lowest BCUT2D eigenvalue weighted by Gasteiger charge is -2.33. The van der Waals surface area contributed by atoms with Gasteiger partial charge in [-0.25, -0.2) is 8.42 Å². The third-order valence-electron chi connectivity index (χ3n) is 4.46. The van der Waals surface area contributed by atoms with E-state index in [2.05, 4.69) is 21.6 Å². The standard InChI is InChI=1S/C18H24N4O3S3/c1-3-12-26-18-20-17(27-21-18)19-16(23)15-6-4-5-11-22(15)28(24,25)14-9-7-13(2)8-10-14/h7-10,15H,3-6,11-12H2,1-2H3,(H,19,20,21,23)/t15-/m1/s1. The minimum absolute atomic E-state index is 0.215. The first kappa shape index (κ1) is 21.2. The molecule has 0 radical (unpaired) electrons. The van der Waals surface area contributed by atoms with Crippen molar-refractivity contribution in [2.24, 2.45) is 0 Å². The number of rotatable bonds is 7. The van der Waals surface area contributed by atoms with Gasteiger partial charge in [0.15, 0.2) is 0 Å². The fourth-order valence-corrected chi connectivity index (χ4v) is 6.06. The highest BCUT2D eigenvalue weighted by molar-refractivity contribution is 7.99. The smallest absolute Gasteiger partial charge is 0.244 e. The van der Waals surface area contributed by atoms with Crippen LogP contribution in [0.2, 0.25) is 0 Å². The molecule has 3 rings (SSSR count). The molecule has 1 aliphatic heterocycles. The summed E-state index contributed by atoms with van der Waals surface area (Å²) in [5.74, 6) is 0.563. The van der Waals surface area contributed by atoms with Gasteiger partial charge in [-0.05, 0) is 38.3 Å². The number of aromatic nitrogens is 2. The number of anilines is 1. The molecule has 1 atom stereocenters. The summed E-state index contributed by atoms with van der Waals surface area (Å²) in [7, 11) is -3.74. The van der Waals surface area contributed by atoms with Crippen LogP contribution in [-0.2, 0) is 14.8 Å². The van der Waals surface area contributed by atoms with Gasteiger partial charge < -0.3 is 0 Å². The number of nitrogens with zero attached hydrogens (tertiary/aromatic N) is 3. The third-order valence-corrected chi connectivity index (χ3v) is 8.18. The molecular formula is C18H24N4O3S3. The molecule has 152 valence electrons. The summed E-state index contributed by atoms with van der Waals surface area (Å²) in [5.41, 5.74) is 0.986. The molecule has 1 aromatic heterocycles. The summed E-state index contributed by atoms with van der Waals surface area (Å²) < 4.78 is 31.8. The van der Waals surface area contributed by atoms with Crippen LogP contribution in [0.15, 0.2) is 34.3 Å². The number of hydrogen-bond acceptors (Lipinski definition) is 7. The molecule has 28 heavy (non-hydrogen) atoms. The van der Waals surface area contributed by atoms with Crippen LogP contribution in [0.25, 0.3) is 0 Å². The molecule has 10 heteroatoms. The largest absolute Gasteiger partial charge is 0.299 e. The van der Waals surface area contributed by atoms with E-state index in [0.29, 0.717) is 23.3 Å². The van der Waals surface area contributed by atoms with Gasteiger partial charge in [-0.2, -0.15) is 13.7 Å². The van der Waals surface area contributed by atoms with Crippen molar-refractivity contribution in [2.75, 3.05) is 17.6 Å². The average molecular weight is 441 g/mol. The van der Waals surface area contributed by atoms with Crippen molar-refractivity contribution in [3.63, 3.8) is 0 Å². The van der Waals surface area contributed by atoms with Crippen LogP contribution >= 0.6 is 23.3 Å². The normalized spacial score (nSPS) is 18.1. The number of hydrogen-bond donors (Lipinski definition) is 1. The number of piperidine rings is 1. The highest BCUT2D eigenvalue weighted by atomic mass is 32.2. The lowest BCUT2D eigenvalue weighted by atomic mass is 10.0. The van der Waals surface area contributed by atoms with Gasteiger partial charge in [0.2, 0.25) is 26.2 Å². The minimum atomic E-state index is -3.74. The molecule has 0 spiro atoms. The minimum Gasteiger partial charge on any atom is -0.299 e. The van der Waals surface area contributed by atoms with Crippen molar-refractivity contribution in [1.82, 2.24) is 13.7 Å². The number of nitrogens with one attached hydrogen (secondary N) is 1. The van der Waals surface area contributed by atoms with Crippen LogP contribution in [0.4, 0.5) is 5.13 Å². The number of aryl methyl sites for hydroxylation is 1. The number of amides is 1. The zero-order valence-electron chi connectivity index (χ0n) is 15.9. The van der Waals surface area contributed by atoms with Crippen LogP contribution in [0.1, 0.15) is 38.2 Å². The van der Waals surface area contributed by atoms with Crippen LogP contribution < -0.4 is 5.32 Å². The van der Waals surface area contributed by atoms with Crippen molar-refractivity contribution >= 4 is 44.4 Å². The van der Waals surface area contributed by atoms with E-state index in [1.165, 1.54) is 16.1 Å². The first-order chi connectivity index (χ1) is 13.4. The van der Waals surface area contributed by atoms with E-state index in [0.717, 1.165) is 42.1 Å². The van der Waals surface area contributed by atoms with Gasteiger partial charge in [-0.15, -0.1) is 0 Å². The Morgan fingerprint density at radius 3 is 2.79 bits per heavy atom. The maximum Gasteiger partial charge on any atom is 0.244 e. The molecule has 0 bridgehead atoms. The molecule has 1 aliphatic rings. The Labute approximate surface area is 174 Å². The van der Waals surface area contributed by atoms with Gasteiger partial charge in [0.1, 0.15) is 6.04 Å². The van der Waals surface area contributed by atoms with E-state index < -0.39 is 16.1 Å². The Morgan fingerprint density at radius 2 is 2.07 bits per heavy atom. The second-order valence-electron chi connectivity index (χ2n) is 6.66. The molecule has 1 aromatic carbocycles. The van der Waals surface area contributed by atoms with Gasteiger partial charge in [0.25, 0.3) is 0 Å². The topological polar surface area (TPSA) is 92.3 Å². The average Bonchev–Trinajstić information content (AvgIpc) is 3.14. The second kappa shape index (κ2) is 9.34. The van der Waals surface area contributed by atoms with Gasteiger partial charge in [-0.1, -0.05) is 42.8 Å². The first-order valence-electron chi connectivity index (χ1n) is 9.27. The highest BCUT2D eigenvalue weighted by Gasteiger charge is 2.37. The summed E-state index contributed by atoms with van der Waals surface area (Å²) >= 11 is 2.65. The van der Waals surface area contributed by atoms with E-state index in [4.69, 9.17) is 0 Å². The summed E-state index contributed by atoms with van der Waals surface area (Å²) in [6.07, 6.45) is 3.06. The van der Waals surface area contributed by atoms with Crippen LogP contribution in [0.5, 0.6) is 0 Å². The fourth-order valence-electron chi connectivity index (χ4n) is 3.00. The number of sulfonamides is 1. The Balaban J connectivity index is 1.76. The zero-order valence-corrected chi connectivity index (χ0v) is 18.4. The number of thioether (sulfide) groups is 1. The first-order valence-corrected chi connectivity index (χ1v) is 12.5. The van der Waals surface area contributed by atoms with Crippen molar-refractivity contribution in [1.29, 1.82) is 0 Å². The lowest BCUT2D eigenvalue weighted by Crippen LogP contribution is -2.49. The molecule has 0 aliphatic carbocycles. The molecule has 7 nitrogen and oxygen atoms in total. The molecular weight excluding hydrogens is 416 g/mol. The van der Waals surface area contributed by atoms with Gasteiger partial charge in [0.05, 0.1) is 4.90 Å². The monoisotopic (exact) mass is 440 g/mol. The Hall–Kier alpha value is -1.49. The molecule has 1 N–H and O–H groups in total. The molecule has 2 aromatic rings. The number of benzene rings is 1. The van der Waals surface area contributed by atoms with Gasteiger partial charge in [-0.3, -0.25) is 10.1 Å². The van der Waals surface area contributed by atoms with Crippen molar-refractivity contribution < 1.29 is 13.2 Å². The van der Waals surface area contributed by atoms with Crippen LogP contribution in [0.3, 0.4) is 0 Å². The van der Waals surface area contributed by atoms with Crippen molar-refractivity contribution in [2.45, 2.75) is 55.6 Å². The lowest BCUT2D eigenvalue weighted by molar-refractivity contribution is -0.120. The highest BCUT2D eigenvalue weighted by Crippen LogP contribution is 2.27. The summed E-state index contributed by atoms with van der Waals surface area (Å²) in [6.45, 7) is 4.32. The fraction of sp³-hybridized carbons (Fsp3) is 0.500. The predicted octanol–water partition coefficient (Wildman–Crippen LogP) is 3.53. The SMILES string of the molecule is CCCSc1nsc(NC(=O)[C@H]2CCCCN2S(=O)(=O)c2ccc(C)cc2)n1. The molecule has 1 fully saturated rings. The molecule has 1 amide bonds. The Morgan fingerprint density at radius 1 is 1.32 bits per heavy atom. The summed E-state index contributed by atoms with van der Waals surface area (Å²) in [6, 6.07) is 5.98. The van der Waals surface area contributed by atoms with Gasteiger partial charge in [0, 0.05) is 23.8 Å². The molecule has 1 saturated heterocycles.